The van der Waals surface area contributed by atoms with Crippen molar-refractivity contribution in [2.45, 2.75) is 6.42 Å². The van der Waals surface area contributed by atoms with Crippen molar-refractivity contribution >= 4 is 17.5 Å². The maximum atomic E-state index is 12.0. The Labute approximate surface area is 164 Å². The predicted octanol–water partition coefficient (Wildman–Crippen LogP) is 3.41. The van der Waals surface area contributed by atoms with Crippen LogP contribution in [0, 0.1) is 0 Å². The van der Waals surface area contributed by atoms with Gasteiger partial charge in [0.15, 0.2) is 6.61 Å². The normalized spacial score (nSPS) is 10.1. The standard InChI is InChI=1S/C23H22N2O3/c26-22(25-20-12-5-2-6-13-20)16-24-23(27)17-28-21-14-8-7-11-19(21)15-18-9-3-1-4-10-18/h1-14H,15-17H2,(H,24,27)(H,25,26). The molecule has 28 heavy (non-hydrogen) atoms. The zero-order valence-corrected chi connectivity index (χ0v) is 15.4. The Morgan fingerprint density at radius 3 is 2.14 bits per heavy atom. The fourth-order valence-corrected chi connectivity index (χ4v) is 2.71. The van der Waals surface area contributed by atoms with Gasteiger partial charge in [-0.05, 0) is 29.3 Å². The highest BCUT2D eigenvalue weighted by atomic mass is 16.5. The third kappa shape index (κ3) is 5.99. The van der Waals surface area contributed by atoms with E-state index in [9.17, 15) is 9.59 Å². The third-order valence-corrected chi connectivity index (χ3v) is 4.07. The van der Waals surface area contributed by atoms with Gasteiger partial charge in [-0.25, -0.2) is 0 Å². The van der Waals surface area contributed by atoms with Crippen LogP contribution in [0.4, 0.5) is 5.69 Å². The molecule has 2 amide bonds. The van der Waals surface area contributed by atoms with Crippen molar-refractivity contribution in [3.8, 4) is 5.75 Å². The van der Waals surface area contributed by atoms with Crippen molar-refractivity contribution in [2.24, 2.45) is 0 Å². The van der Waals surface area contributed by atoms with Gasteiger partial charge in [0, 0.05) is 12.1 Å². The van der Waals surface area contributed by atoms with Crippen molar-refractivity contribution < 1.29 is 14.3 Å². The Kier molecular flexibility index (Phi) is 6.79. The second-order valence-corrected chi connectivity index (χ2v) is 6.25. The first kappa shape index (κ1) is 19.2. The van der Waals surface area contributed by atoms with Crippen LogP contribution in [0.1, 0.15) is 11.1 Å². The summed E-state index contributed by atoms with van der Waals surface area (Å²) in [7, 11) is 0. The van der Waals surface area contributed by atoms with Crippen LogP contribution < -0.4 is 15.4 Å². The van der Waals surface area contributed by atoms with Crippen LogP contribution in [-0.4, -0.2) is 25.0 Å². The maximum absolute atomic E-state index is 12.0. The molecule has 0 spiro atoms. The lowest BCUT2D eigenvalue weighted by atomic mass is 10.0. The second-order valence-electron chi connectivity index (χ2n) is 6.25. The van der Waals surface area contributed by atoms with Crippen molar-refractivity contribution in [1.29, 1.82) is 0 Å². The number of anilines is 1. The van der Waals surface area contributed by atoms with Gasteiger partial charge in [-0.3, -0.25) is 9.59 Å². The highest BCUT2D eigenvalue weighted by Gasteiger charge is 2.09. The van der Waals surface area contributed by atoms with E-state index in [1.165, 1.54) is 5.56 Å². The molecule has 0 aliphatic heterocycles. The molecule has 0 bridgehead atoms. The van der Waals surface area contributed by atoms with E-state index in [2.05, 4.69) is 22.8 Å². The number of benzene rings is 3. The van der Waals surface area contributed by atoms with Crippen molar-refractivity contribution in [3.63, 3.8) is 0 Å². The van der Waals surface area contributed by atoms with E-state index in [0.717, 1.165) is 12.0 Å². The molecule has 0 aromatic heterocycles. The van der Waals surface area contributed by atoms with Gasteiger partial charge < -0.3 is 15.4 Å². The molecule has 5 heteroatoms. The molecule has 2 N–H and O–H groups in total. The van der Waals surface area contributed by atoms with Crippen LogP contribution >= 0.6 is 0 Å². The minimum absolute atomic E-state index is 0.108. The van der Waals surface area contributed by atoms with E-state index in [1.807, 2.05) is 60.7 Å². The first-order valence-corrected chi connectivity index (χ1v) is 9.07. The molecule has 0 heterocycles. The van der Waals surface area contributed by atoms with E-state index in [-0.39, 0.29) is 25.0 Å². The van der Waals surface area contributed by atoms with Gasteiger partial charge in [-0.2, -0.15) is 0 Å². The average molecular weight is 374 g/mol. The highest BCUT2D eigenvalue weighted by molar-refractivity contribution is 5.94. The Hall–Kier alpha value is -3.60. The number of nitrogens with one attached hydrogen (secondary N) is 2. The van der Waals surface area contributed by atoms with Gasteiger partial charge in [0.25, 0.3) is 5.91 Å². The van der Waals surface area contributed by atoms with Crippen LogP contribution in [-0.2, 0) is 16.0 Å². The van der Waals surface area contributed by atoms with Crippen LogP contribution in [0.2, 0.25) is 0 Å². The maximum Gasteiger partial charge on any atom is 0.258 e. The number of ether oxygens (including phenoxy) is 1. The van der Waals surface area contributed by atoms with Gasteiger partial charge in [-0.15, -0.1) is 0 Å². The lowest BCUT2D eigenvalue weighted by molar-refractivity contribution is -0.125. The molecule has 0 atom stereocenters. The van der Waals surface area contributed by atoms with Crippen molar-refractivity contribution in [2.75, 3.05) is 18.5 Å². The molecule has 0 saturated heterocycles. The lowest BCUT2D eigenvalue weighted by Gasteiger charge is -2.12. The quantitative estimate of drug-likeness (QED) is 0.635. The van der Waals surface area contributed by atoms with Crippen LogP contribution in [0.3, 0.4) is 0 Å². The van der Waals surface area contributed by atoms with Gasteiger partial charge in [0.1, 0.15) is 5.75 Å². The summed E-state index contributed by atoms with van der Waals surface area (Å²) in [6.45, 7) is -0.257. The predicted molar refractivity (Wildman–Crippen MR) is 109 cm³/mol. The number of amides is 2. The number of carbonyl (C=O) groups is 2. The third-order valence-electron chi connectivity index (χ3n) is 4.07. The minimum Gasteiger partial charge on any atom is -0.483 e. The molecule has 0 fully saturated rings. The van der Waals surface area contributed by atoms with Gasteiger partial charge >= 0.3 is 0 Å². The molecule has 142 valence electrons. The van der Waals surface area contributed by atoms with Crippen LogP contribution in [0.25, 0.3) is 0 Å². The summed E-state index contributed by atoms with van der Waals surface area (Å²) < 4.78 is 5.68. The smallest absolute Gasteiger partial charge is 0.258 e. The number of rotatable bonds is 8. The van der Waals surface area contributed by atoms with Gasteiger partial charge in [-0.1, -0.05) is 66.7 Å². The number of para-hydroxylation sites is 2. The molecule has 0 aliphatic rings. The zero-order chi connectivity index (χ0) is 19.6. The Balaban J connectivity index is 1.47. The Bertz CT molecular complexity index is 911. The monoisotopic (exact) mass is 374 g/mol. The van der Waals surface area contributed by atoms with Crippen LogP contribution in [0.15, 0.2) is 84.9 Å². The Morgan fingerprint density at radius 2 is 1.39 bits per heavy atom. The molecular weight excluding hydrogens is 352 g/mol. The molecule has 3 rings (SSSR count). The molecular formula is C23H22N2O3. The van der Waals surface area contributed by atoms with E-state index in [1.54, 1.807) is 12.1 Å². The lowest BCUT2D eigenvalue weighted by Crippen LogP contribution is -2.35. The summed E-state index contributed by atoms with van der Waals surface area (Å²) in [6, 6.07) is 26.8. The average Bonchev–Trinajstić information content (AvgIpc) is 2.73. The van der Waals surface area contributed by atoms with Gasteiger partial charge in [0.05, 0.1) is 6.54 Å². The number of carbonyl (C=O) groups excluding carboxylic acids is 2. The number of hydrogen-bond donors (Lipinski definition) is 2. The second kappa shape index (κ2) is 9.92. The zero-order valence-electron chi connectivity index (χ0n) is 15.4. The first-order chi connectivity index (χ1) is 13.7. The summed E-state index contributed by atoms with van der Waals surface area (Å²) >= 11 is 0. The largest absolute Gasteiger partial charge is 0.483 e. The highest BCUT2D eigenvalue weighted by Crippen LogP contribution is 2.21. The molecule has 0 aliphatic carbocycles. The first-order valence-electron chi connectivity index (χ1n) is 9.07. The Morgan fingerprint density at radius 1 is 0.750 bits per heavy atom. The molecule has 0 saturated carbocycles. The molecule has 3 aromatic carbocycles. The van der Waals surface area contributed by atoms with E-state index in [4.69, 9.17) is 4.74 Å². The fraction of sp³-hybridized carbons (Fsp3) is 0.130. The van der Waals surface area contributed by atoms with Crippen molar-refractivity contribution in [1.82, 2.24) is 5.32 Å². The summed E-state index contributed by atoms with van der Waals surface area (Å²) in [5.74, 6) is 0.0250. The van der Waals surface area contributed by atoms with E-state index in [0.29, 0.717) is 11.4 Å². The van der Waals surface area contributed by atoms with Crippen LogP contribution in [0.5, 0.6) is 5.75 Å². The minimum atomic E-state index is -0.349. The summed E-state index contributed by atoms with van der Waals surface area (Å²) in [5.41, 5.74) is 2.86. The number of hydrogen-bond acceptors (Lipinski definition) is 3. The molecule has 0 radical (unpaired) electrons. The topological polar surface area (TPSA) is 67.4 Å². The molecule has 0 unspecified atom stereocenters. The summed E-state index contributed by atoms with van der Waals surface area (Å²) in [6.07, 6.45) is 0.720. The summed E-state index contributed by atoms with van der Waals surface area (Å²) in [5, 5.41) is 5.28. The fourth-order valence-electron chi connectivity index (χ4n) is 2.71. The van der Waals surface area contributed by atoms with E-state index >= 15 is 0 Å². The van der Waals surface area contributed by atoms with Gasteiger partial charge in [0.2, 0.25) is 5.91 Å². The molecule has 5 nitrogen and oxygen atoms in total. The van der Waals surface area contributed by atoms with E-state index < -0.39 is 0 Å². The summed E-state index contributed by atoms with van der Waals surface area (Å²) in [4.78, 5) is 23.9. The van der Waals surface area contributed by atoms with Crippen molar-refractivity contribution in [3.05, 3.63) is 96.1 Å². The molecule has 3 aromatic rings. The SMILES string of the molecule is O=C(COc1ccccc1Cc1ccccc1)NCC(=O)Nc1ccccc1.